The second kappa shape index (κ2) is 8.99. The minimum atomic E-state index is 0.627. The van der Waals surface area contributed by atoms with Crippen LogP contribution in [-0.2, 0) is 13.0 Å². The molecule has 32 heavy (non-hydrogen) atoms. The molecule has 0 unspecified atom stereocenters. The first kappa shape index (κ1) is 20.5. The van der Waals surface area contributed by atoms with Crippen molar-refractivity contribution in [3.05, 3.63) is 88.5 Å². The van der Waals surface area contributed by atoms with E-state index in [1.54, 1.807) is 6.07 Å². The quantitative estimate of drug-likeness (QED) is 0.496. The minimum Gasteiger partial charge on any atom is -0.368 e. The highest BCUT2D eigenvalue weighted by atomic mass is 35.5. The predicted octanol–water partition coefficient (Wildman–Crippen LogP) is 4.40. The lowest BCUT2D eigenvalue weighted by Gasteiger charge is -2.36. The molecule has 0 atom stereocenters. The summed E-state index contributed by atoms with van der Waals surface area (Å²) < 4.78 is 0. The molecule has 0 amide bonds. The summed E-state index contributed by atoms with van der Waals surface area (Å²) in [7, 11) is 0. The molecule has 2 aromatic heterocycles. The molecule has 0 aliphatic carbocycles. The summed E-state index contributed by atoms with van der Waals surface area (Å²) in [4.78, 5) is 17.3. The molecule has 1 fully saturated rings. The average molecular weight is 443 g/mol. The zero-order valence-electron chi connectivity index (χ0n) is 17.6. The first-order valence-corrected chi connectivity index (χ1v) is 11.1. The third-order valence-electron chi connectivity index (χ3n) is 5.86. The molecule has 5 rings (SSSR count). The van der Waals surface area contributed by atoms with E-state index in [4.69, 9.17) is 16.9 Å². The molecule has 7 heteroatoms. The monoisotopic (exact) mass is 442 g/mol. The number of nitrogens with one attached hydrogen (secondary N) is 1. The average Bonchev–Trinajstić information content (AvgIpc) is 3.21. The SMILES string of the molecule is N#Cc1ccc2nc(Cc3cc(CN4CCN(c5ccccc5Cl)CC4)ccn3)[nH]c2c1. The summed E-state index contributed by atoms with van der Waals surface area (Å²) in [6, 6.07) is 20.0. The Hall–Kier alpha value is -3.40. The number of hydrogen-bond acceptors (Lipinski definition) is 5. The summed E-state index contributed by atoms with van der Waals surface area (Å²) in [5, 5.41) is 9.90. The Labute approximate surface area is 192 Å². The van der Waals surface area contributed by atoms with Crippen LogP contribution in [0.2, 0.25) is 5.02 Å². The maximum absolute atomic E-state index is 9.08. The number of imidazole rings is 1. The van der Waals surface area contributed by atoms with Crippen LogP contribution in [0.5, 0.6) is 0 Å². The van der Waals surface area contributed by atoms with E-state index in [1.165, 1.54) is 5.56 Å². The highest BCUT2D eigenvalue weighted by molar-refractivity contribution is 6.33. The Balaban J connectivity index is 1.22. The van der Waals surface area contributed by atoms with Gasteiger partial charge in [-0.25, -0.2) is 4.98 Å². The largest absolute Gasteiger partial charge is 0.368 e. The van der Waals surface area contributed by atoms with Crippen molar-refractivity contribution < 1.29 is 0 Å². The second-order valence-electron chi connectivity index (χ2n) is 8.07. The first-order chi connectivity index (χ1) is 15.7. The predicted molar refractivity (Wildman–Crippen MR) is 127 cm³/mol. The van der Waals surface area contributed by atoms with Crippen LogP contribution < -0.4 is 4.90 Å². The molecule has 1 aliphatic rings. The Kier molecular flexibility index (Phi) is 5.76. The molecule has 1 N–H and O–H groups in total. The molecular weight excluding hydrogens is 420 g/mol. The van der Waals surface area contributed by atoms with E-state index in [-0.39, 0.29) is 0 Å². The molecule has 0 radical (unpaired) electrons. The fourth-order valence-electron chi connectivity index (χ4n) is 4.22. The van der Waals surface area contributed by atoms with Crippen molar-refractivity contribution in [2.24, 2.45) is 0 Å². The van der Waals surface area contributed by atoms with Gasteiger partial charge in [0.1, 0.15) is 5.82 Å². The van der Waals surface area contributed by atoms with E-state index in [0.29, 0.717) is 12.0 Å². The third kappa shape index (κ3) is 4.45. The Bertz CT molecular complexity index is 1280. The maximum Gasteiger partial charge on any atom is 0.113 e. The van der Waals surface area contributed by atoms with E-state index in [0.717, 1.165) is 66.0 Å². The summed E-state index contributed by atoms with van der Waals surface area (Å²) in [6.45, 7) is 4.82. The van der Waals surface area contributed by atoms with Crippen LogP contribution in [0, 0.1) is 11.3 Å². The topological polar surface area (TPSA) is 71.8 Å². The molecule has 1 saturated heterocycles. The number of para-hydroxylation sites is 1. The van der Waals surface area contributed by atoms with Crippen molar-refractivity contribution in [3.8, 4) is 6.07 Å². The van der Waals surface area contributed by atoms with Crippen LogP contribution in [0.4, 0.5) is 5.69 Å². The number of nitrogens with zero attached hydrogens (tertiary/aromatic N) is 5. The van der Waals surface area contributed by atoms with Crippen molar-refractivity contribution in [1.82, 2.24) is 19.9 Å². The number of halogens is 1. The van der Waals surface area contributed by atoms with Crippen molar-refractivity contribution in [2.45, 2.75) is 13.0 Å². The highest BCUT2D eigenvalue weighted by Crippen LogP contribution is 2.26. The molecule has 1 aliphatic heterocycles. The number of aromatic nitrogens is 3. The number of benzene rings is 2. The highest BCUT2D eigenvalue weighted by Gasteiger charge is 2.19. The van der Waals surface area contributed by atoms with Gasteiger partial charge >= 0.3 is 0 Å². The Morgan fingerprint density at radius 3 is 2.69 bits per heavy atom. The smallest absolute Gasteiger partial charge is 0.113 e. The van der Waals surface area contributed by atoms with Crippen LogP contribution in [-0.4, -0.2) is 46.0 Å². The van der Waals surface area contributed by atoms with Crippen molar-refractivity contribution in [3.63, 3.8) is 0 Å². The molecule has 2 aromatic carbocycles. The van der Waals surface area contributed by atoms with Crippen LogP contribution in [0.1, 0.15) is 22.6 Å². The van der Waals surface area contributed by atoms with Crippen molar-refractivity contribution in [1.29, 1.82) is 5.26 Å². The number of aromatic amines is 1. The zero-order valence-corrected chi connectivity index (χ0v) is 18.4. The van der Waals surface area contributed by atoms with Gasteiger partial charge in [0.2, 0.25) is 0 Å². The lowest BCUT2D eigenvalue weighted by Crippen LogP contribution is -2.46. The van der Waals surface area contributed by atoms with Gasteiger partial charge in [0.05, 0.1) is 33.4 Å². The van der Waals surface area contributed by atoms with Gasteiger partial charge in [-0.1, -0.05) is 23.7 Å². The summed E-state index contributed by atoms with van der Waals surface area (Å²) in [5.41, 5.74) is 5.73. The number of anilines is 1. The van der Waals surface area contributed by atoms with E-state index in [1.807, 2.05) is 36.5 Å². The molecular formula is C25H23ClN6. The zero-order chi connectivity index (χ0) is 21.9. The van der Waals surface area contributed by atoms with Gasteiger partial charge in [0, 0.05) is 51.0 Å². The molecule has 0 spiro atoms. The van der Waals surface area contributed by atoms with E-state index in [2.05, 4.69) is 49.0 Å². The van der Waals surface area contributed by atoms with Crippen LogP contribution in [0.3, 0.4) is 0 Å². The van der Waals surface area contributed by atoms with Gasteiger partial charge in [-0.2, -0.15) is 5.26 Å². The molecule has 160 valence electrons. The lowest BCUT2D eigenvalue weighted by atomic mass is 10.1. The molecule has 0 bridgehead atoms. The minimum absolute atomic E-state index is 0.627. The van der Waals surface area contributed by atoms with Crippen molar-refractivity contribution >= 4 is 28.3 Å². The lowest BCUT2D eigenvalue weighted by molar-refractivity contribution is 0.250. The normalized spacial score (nSPS) is 14.6. The molecule has 0 saturated carbocycles. The summed E-state index contributed by atoms with van der Waals surface area (Å²) in [6.07, 6.45) is 2.51. The fourth-order valence-corrected chi connectivity index (χ4v) is 4.48. The van der Waals surface area contributed by atoms with Crippen molar-refractivity contribution in [2.75, 3.05) is 31.1 Å². The third-order valence-corrected chi connectivity index (χ3v) is 6.18. The number of pyridine rings is 1. The standard InChI is InChI=1S/C25H23ClN6/c26-21-3-1-2-4-24(21)32-11-9-31(10-12-32)17-19-7-8-28-20(13-19)15-25-29-22-6-5-18(16-27)14-23(22)30-25/h1-8,13-14H,9-12,15,17H2,(H,29,30). The summed E-state index contributed by atoms with van der Waals surface area (Å²) >= 11 is 6.36. The van der Waals surface area contributed by atoms with E-state index in [9.17, 15) is 0 Å². The fraction of sp³-hybridized carbons (Fsp3) is 0.240. The van der Waals surface area contributed by atoms with Gasteiger partial charge in [0.15, 0.2) is 0 Å². The Morgan fingerprint density at radius 1 is 1.03 bits per heavy atom. The van der Waals surface area contributed by atoms with Gasteiger partial charge in [-0.3, -0.25) is 9.88 Å². The van der Waals surface area contributed by atoms with Gasteiger partial charge < -0.3 is 9.88 Å². The van der Waals surface area contributed by atoms with E-state index >= 15 is 0 Å². The number of fused-ring (bicyclic) bond motifs is 1. The summed E-state index contributed by atoms with van der Waals surface area (Å²) in [5.74, 6) is 0.855. The Morgan fingerprint density at radius 2 is 1.88 bits per heavy atom. The number of nitriles is 1. The number of piperazine rings is 1. The van der Waals surface area contributed by atoms with Gasteiger partial charge in [0.25, 0.3) is 0 Å². The number of hydrogen-bond donors (Lipinski definition) is 1. The van der Waals surface area contributed by atoms with Gasteiger partial charge in [-0.15, -0.1) is 0 Å². The van der Waals surface area contributed by atoms with E-state index < -0.39 is 0 Å². The second-order valence-corrected chi connectivity index (χ2v) is 8.48. The van der Waals surface area contributed by atoms with Crippen LogP contribution in [0.25, 0.3) is 11.0 Å². The van der Waals surface area contributed by atoms with Gasteiger partial charge in [-0.05, 0) is 48.0 Å². The van der Waals surface area contributed by atoms with Crippen LogP contribution in [0.15, 0.2) is 60.8 Å². The molecule has 6 nitrogen and oxygen atoms in total. The number of H-pyrrole nitrogens is 1. The first-order valence-electron chi connectivity index (χ1n) is 10.7. The van der Waals surface area contributed by atoms with Crippen LogP contribution >= 0.6 is 11.6 Å². The number of rotatable bonds is 5. The maximum atomic E-state index is 9.08. The molecule has 3 heterocycles. The molecule has 4 aromatic rings.